The molecule has 1 amide bonds. The largest absolute Gasteiger partial charge is 0.480 e. The van der Waals surface area contributed by atoms with Gasteiger partial charge in [-0.3, -0.25) is 9.63 Å². The van der Waals surface area contributed by atoms with E-state index in [0.29, 0.717) is 25.8 Å². The fourth-order valence-corrected chi connectivity index (χ4v) is 4.04. The molecule has 7 heteroatoms. The van der Waals surface area contributed by atoms with Crippen LogP contribution in [0.1, 0.15) is 36.3 Å². The summed E-state index contributed by atoms with van der Waals surface area (Å²) in [6.07, 6.45) is 1.19. The van der Waals surface area contributed by atoms with E-state index in [1.54, 1.807) is 0 Å². The number of carboxylic acids is 1. The van der Waals surface area contributed by atoms with Gasteiger partial charge in [-0.05, 0) is 35.1 Å². The van der Waals surface area contributed by atoms with Gasteiger partial charge in [-0.15, -0.1) is 0 Å². The third kappa shape index (κ3) is 4.26. The van der Waals surface area contributed by atoms with Crippen LogP contribution in [0.4, 0.5) is 4.79 Å². The number of carbonyl (C=O) groups is 2. The zero-order valence-electron chi connectivity index (χ0n) is 16.0. The lowest BCUT2D eigenvalue weighted by Gasteiger charge is -2.15. The Balaban J connectivity index is 1.23. The smallest absolute Gasteiger partial charge is 0.407 e. The van der Waals surface area contributed by atoms with Crippen molar-refractivity contribution in [3.63, 3.8) is 0 Å². The molecule has 1 heterocycles. The molecule has 0 radical (unpaired) electrons. The van der Waals surface area contributed by atoms with Crippen LogP contribution in [0.5, 0.6) is 0 Å². The molecule has 1 saturated heterocycles. The van der Waals surface area contributed by atoms with Crippen LogP contribution in [-0.2, 0) is 14.4 Å². The summed E-state index contributed by atoms with van der Waals surface area (Å²) >= 11 is 0. The number of hydroxylamine groups is 1. The second kappa shape index (κ2) is 8.63. The van der Waals surface area contributed by atoms with E-state index in [1.807, 2.05) is 24.3 Å². The monoisotopic (exact) mass is 396 g/mol. The topological polar surface area (TPSA) is 96.9 Å². The number of ether oxygens (including phenoxy) is 1. The molecule has 7 nitrogen and oxygen atoms in total. The molecule has 2 atom stereocenters. The SMILES string of the molecule is O=C(NCCCC1CC(C(=O)O)NO1)OCC1c2ccccc2-c2ccccc21. The first kappa shape index (κ1) is 19.4. The molecule has 4 rings (SSSR count). The van der Waals surface area contributed by atoms with E-state index in [-0.39, 0.29) is 18.6 Å². The Morgan fingerprint density at radius 1 is 1.10 bits per heavy atom. The predicted molar refractivity (Wildman–Crippen MR) is 106 cm³/mol. The zero-order chi connectivity index (χ0) is 20.2. The minimum absolute atomic E-state index is 0.0408. The third-order valence-corrected chi connectivity index (χ3v) is 5.49. The number of hydrogen-bond acceptors (Lipinski definition) is 5. The highest BCUT2D eigenvalue weighted by Gasteiger charge is 2.30. The lowest BCUT2D eigenvalue weighted by Crippen LogP contribution is -2.29. The van der Waals surface area contributed by atoms with Gasteiger partial charge in [0.2, 0.25) is 0 Å². The molecule has 29 heavy (non-hydrogen) atoms. The molecule has 3 N–H and O–H groups in total. The Morgan fingerprint density at radius 3 is 2.38 bits per heavy atom. The number of carbonyl (C=O) groups excluding carboxylic acids is 1. The summed E-state index contributed by atoms with van der Waals surface area (Å²) in [6.45, 7) is 0.740. The van der Waals surface area contributed by atoms with Crippen molar-refractivity contribution < 1.29 is 24.3 Å². The predicted octanol–water partition coefficient (Wildman–Crippen LogP) is 3.05. The Morgan fingerprint density at radius 2 is 1.76 bits per heavy atom. The van der Waals surface area contributed by atoms with Gasteiger partial charge in [-0.25, -0.2) is 4.79 Å². The summed E-state index contributed by atoms with van der Waals surface area (Å²) in [7, 11) is 0. The van der Waals surface area contributed by atoms with Crippen molar-refractivity contribution in [2.45, 2.75) is 37.3 Å². The molecule has 1 aliphatic carbocycles. The van der Waals surface area contributed by atoms with E-state index in [4.69, 9.17) is 14.7 Å². The first-order valence-electron chi connectivity index (χ1n) is 9.86. The maximum Gasteiger partial charge on any atom is 0.407 e. The molecule has 0 aromatic heterocycles. The van der Waals surface area contributed by atoms with Crippen molar-refractivity contribution in [1.29, 1.82) is 0 Å². The van der Waals surface area contributed by atoms with Crippen LogP contribution in [0.25, 0.3) is 11.1 Å². The van der Waals surface area contributed by atoms with E-state index in [1.165, 1.54) is 22.3 Å². The Bertz CT molecular complexity index is 855. The summed E-state index contributed by atoms with van der Waals surface area (Å²) in [4.78, 5) is 28.2. The van der Waals surface area contributed by atoms with Crippen molar-refractivity contribution in [2.75, 3.05) is 13.2 Å². The summed E-state index contributed by atoms with van der Waals surface area (Å²) in [6, 6.07) is 15.8. The fraction of sp³-hybridized carbons (Fsp3) is 0.364. The van der Waals surface area contributed by atoms with Crippen LogP contribution in [-0.4, -0.2) is 42.5 Å². The highest BCUT2D eigenvalue weighted by atomic mass is 16.7. The van der Waals surface area contributed by atoms with Gasteiger partial charge in [0.15, 0.2) is 0 Å². The van der Waals surface area contributed by atoms with Crippen molar-refractivity contribution >= 4 is 12.1 Å². The summed E-state index contributed by atoms with van der Waals surface area (Å²) in [5, 5.41) is 11.7. The number of fused-ring (bicyclic) bond motifs is 3. The molecule has 1 aliphatic heterocycles. The lowest BCUT2D eigenvalue weighted by molar-refractivity contribution is -0.140. The van der Waals surface area contributed by atoms with Crippen LogP contribution in [0.3, 0.4) is 0 Å². The van der Waals surface area contributed by atoms with Crippen molar-refractivity contribution in [3.8, 4) is 11.1 Å². The van der Waals surface area contributed by atoms with Crippen LogP contribution >= 0.6 is 0 Å². The van der Waals surface area contributed by atoms with E-state index in [2.05, 4.69) is 35.1 Å². The van der Waals surface area contributed by atoms with Gasteiger partial charge in [0, 0.05) is 18.9 Å². The molecule has 2 unspecified atom stereocenters. The van der Waals surface area contributed by atoms with Gasteiger partial charge in [-0.2, -0.15) is 5.48 Å². The molecular weight excluding hydrogens is 372 g/mol. The van der Waals surface area contributed by atoms with Crippen LogP contribution in [0.2, 0.25) is 0 Å². The molecule has 0 spiro atoms. The second-order valence-corrected chi connectivity index (χ2v) is 7.38. The first-order valence-corrected chi connectivity index (χ1v) is 9.86. The van der Waals surface area contributed by atoms with Crippen molar-refractivity contribution in [3.05, 3.63) is 59.7 Å². The minimum Gasteiger partial charge on any atom is -0.480 e. The average Bonchev–Trinajstić information content (AvgIpc) is 3.33. The number of amides is 1. The van der Waals surface area contributed by atoms with E-state index in [0.717, 1.165) is 0 Å². The maximum absolute atomic E-state index is 12.1. The number of nitrogens with one attached hydrogen (secondary N) is 2. The number of carboxylic acid groups (broad SMARTS) is 1. The van der Waals surface area contributed by atoms with E-state index < -0.39 is 18.1 Å². The molecule has 0 saturated carbocycles. The molecular formula is C22H24N2O5. The molecule has 152 valence electrons. The van der Waals surface area contributed by atoms with Crippen molar-refractivity contribution in [2.24, 2.45) is 0 Å². The van der Waals surface area contributed by atoms with Gasteiger partial charge < -0.3 is 15.2 Å². The van der Waals surface area contributed by atoms with Gasteiger partial charge >= 0.3 is 12.1 Å². The van der Waals surface area contributed by atoms with Gasteiger partial charge in [0.1, 0.15) is 12.6 Å². The number of aliphatic carboxylic acids is 1. The highest BCUT2D eigenvalue weighted by molar-refractivity contribution is 5.79. The van der Waals surface area contributed by atoms with Crippen LogP contribution < -0.4 is 10.8 Å². The number of hydrogen-bond donors (Lipinski definition) is 3. The standard InChI is InChI=1S/C22H24N2O5/c25-21(26)20-12-14(29-24-20)6-5-11-23-22(27)28-13-19-17-9-3-1-7-15(17)16-8-2-4-10-18(16)19/h1-4,7-10,14,19-20,24H,5-6,11-13H2,(H,23,27)(H,25,26). The van der Waals surface area contributed by atoms with Gasteiger partial charge in [0.05, 0.1) is 6.10 Å². The maximum atomic E-state index is 12.1. The highest BCUT2D eigenvalue weighted by Crippen LogP contribution is 2.44. The second-order valence-electron chi connectivity index (χ2n) is 7.38. The molecule has 1 fully saturated rings. The van der Waals surface area contributed by atoms with Crippen LogP contribution in [0, 0.1) is 0 Å². The summed E-state index contributed by atoms with van der Waals surface area (Å²) in [5.41, 5.74) is 7.27. The Hall–Kier alpha value is -2.90. The molecule has 2 aliphatic rings. The molecule has 2 aromatic rings. The van der Waals surface area contributed by atoms with Crippen molar-refractivity contribution in [1.82, 2.24) is 10.8 Å². The van der Waals surface area contributed by atoms with Gasteiger partial charge in [-0.1, -0.05) is 48.5 Å². The average molecular weight is 396 g/mol. The zero-order valence-corrected chi connectivity index (χ0v) is 16.0. The third-order valence-electron chi connectivity index (χ3n) is 5.49. The van der Waals surface area contributed by atoms with E-state index in [9.17, 15) is 9.59 Å². The number of rotatable bonds is 7. The molecule has 2 aromatic carbocycles. The fourth-order valence-electron chi connectivity index (χ4n) is 4.04. The number of alkyl carbamates (subject to hydrolysis) is 1. The van der Waals surface area contributed by atoms with Crippen LogP contribution in [0.15, 0.2) is 48.5 Å². The van der Waals surface area contributed by atoms with E-state index >= 15 is 0 Å². The molecule has 0 bridgehead atoms. The summed E-state index contributed by atoms with van der Waals surface area (Å²) < 4.78 is 5.49. The number of benzene rings is 2. The Labute approximate surface area is 169 Å². The van der Waals surface area contributed by atoms with Gasteiger partial charge in [0.25, 0.3) is 0 Å². The summed E-state index contributed by atoms with van der Waals surface area (Å²) in [5.74, 6) is -0.872. The normalized spacial score (nSPS) is 20.1. The Kier molecular flexibility index (Phi) is 5.78. The quantitative estimate of drug-likeness (QED) is 0.623. The first-order chi connectivity index (χ1) is 14.1. The lowest BCUT2D eigenvalue weighted by atomic mass is 9.98. The minimum atomic E-state index is -0.913.